The summed E-state index contributed by atoms with van der Waals surface area (Å²) in [6.45, 7) is 5.33. The number of pyridine rings is 1. The topological polar surface area (TPSA) is 101 Å². The van der Waals surface area contributed by atoms with Gasteiger partial charge in [0.15, 0.2) is 0 Å². The van der Waals surface area contributed by atoms with Gasteiger partial charge in [0.1, 0.15) is 11.9 Å². The molecule has 0 aromatic carbocycles. The van der Waals surface area contributed by atoms with E-state index in [1.54, 1.807) is 13.1 Å². The number of hydrogen-bond donors (Lipinski definition) is 1. The Bertz CT molecular complexity index is 750. The number of carbonyl (C=O) groups excluding carboxylic acids is 1. The average molecular weight is 413 g/mol. The van der Waals surface area contributed by atoms with Crippen LogP contribution in [0.4, 0.5) is 5.82 Å². The van der Waals surface area contributed by atoms with Gasteiger partial charge in [0, 0.05) is 32.4 Å². The molecule has 28 heavy (non-hydrogen) atoms. The fraction of sp³-hybridized carbons (Fsp3) is 0.667. The Morgan fingerprint density at radius 1 is 1.29 bits per heavy atom. The SMILES string of the molecule is CCOC(=O)C1CCCCN1S(=O)(=O)NCc1ccc(N2CCOCC2)nc1. The molecule has 2 fully saturated rings. The lowest BCUT2D eigenvalue weighted by molar-refractivity contribution is -0.148. The number of rotatable bonds is 7. The van der Waals surface area contributed by atoms with E-state index in [1.807, 2.05) is 12.1 Å². The average Bonchev–Trinajstić information content (AvgIpc) is 2.73. The monoisotopic (exact) mass is 412 g/mol. The molecule has 0 bridgehead atoms. The van der Waals surface area contributed by atoms with Crippen LogP contribution in [0.2, 0.25) is 0 Å². The van der Waals surface area contributed by atoms with Crippen LogP contribution in [0.3, 0.4) is 0 Å². The van der Waals surface area contributed by atoms with Crippen LogP contribution in [0, 0.1) is 0 Å². The summed E-state index contributed by atoms with van der Waals surface area (Å²) in [4.78, 5) is 18.7. The van der Waals surface area contributed by atoms with E-state index in [1.165, 1.54) is 4.31 Å². The molecule has 3 heterocycles. The van der Waals surface area contributed by atoms with Crippen LogP contribution in [0.1, 0.15) is 31.7 Å². The van der Waals surface area contributed by atoms with Gasteiger partial charge < -0.3 is 14.4 Å². The fourth-order valence-electron chi connectivity index (χ4n) is 3.42. The van der Waals surface area contributed by atoms with Crippen molar-refractivity contribution in [3.05, 3.63) is 23.9 Å². The summed E-state index contributed by atoms with van der Waals surface area (Å²) in [5.74, 6) is 0.373. The minimum atomic E-state index is -3.80. The van der Waals surface area contributed by atoms with E-state index < -0.39 is 22.2 Å². The Morgan fingerprint density at radius 2 is 2.07 bits per heavy atom. The molecule has 1 N–H and O–H groups in total. The van der Waals surface area contributed by atoms with Gasteiger partial charge in [-0.25, -0.2) is 4.98 Å². The van der Waals surface area contributed by atoms with Gasteiger partial charge in [-0.3, -0.25) is 4.79 Å². The number of carbonyl (C=O) groups is 1. The van der Waals surface area contributed by atoms with E-state index >= 15 is 0 Å². The van der Waals surface area contributed by atoms with Crippen molar-refractivity contribution < 1.29 is 22.7 Å². The second-order valence-electron chi connectivity index (χ2n) is 6.82. The minimum Gasteiger partial charge on any atom is -0.465 e. The van der Waals surface area contributed by atoms with Gasteiger partial charge in [0.2, 0.25) is 0 Å². The summed E-state index contributed by atoms with van der Waals surface area (Å²) >= 11 is 0. The predicted octanol–water partition coefficient (Wildman–Crippen LogP) is 0.670. The number of morpholine rings is 1. The van der Waals surface area contributed by atoms with Crippen molar-refractivity contribution in [3.63, 3.8) is 0 Å². The zero-order chi connectivity index (χ0) is 20.0. The molecule has 1 aromatic heterocycles. The molecular formula is C18H28N4O5S. The third-order valence-electron chi connectivity index (χ3n) is 4.92. The van der Waals surface area contributed by atoms with Crippen molar-refractivity contribution in [2.24, 2.45) is 0 Å². The molecule has 1 unspecified atom stereocenters. The van der Waals surface area contributed by atoms with E-state index in [-0.39, 0.29) is 13.2 Å². The number of hydrogen-bond acceptors (Lipinski definition) is 7. The number of aromatic nitrogens is 1. The smallest absolute Gasteiger partial charge is 0.324 e. The molecule has 3 rings (SSSR count). The number of nitrogens with one attached hydrogen (secondary N) is 1. The Morgan fingerprint density at radius 3 is 2.75 bits per heavy atom. The van der Waals surface area contributed by atoms with E-state index in [0.29, 0.717) is 26.2 Å². The van der Waals surface area contributed by atoms with Crippen molar-refractivity contribution in [2.45, 2.75) is 38.8 Å². The highest BCUT2D eigenvalue weighted by molar-refractivity contribution is 7.87. The molecular weight excluding hydrogens is 384 g/mol. The molecule has 2 saturated heterocycles. The van der Waals surface area contributed by atoms with Crippen LogP contribution in [0.15, 0.2) is 18.3 Å². The molecule has 156 valence electrons. The lowest BCUT2D eigenvalue weighted by Crippen LogP contribution is -2.52. The first kappa shape index (κ1) is 21.0. The van der Waals surface area contributed by atoms with Crippen LogP contribution < -0.4 is 9.62 Å². The van der Waals surface area contributed by atoms with Gasteiger partial charge in [0.05, 0.1) is 19.8 Å². The predicted molar refractivity (Wildman–Crippen MR) is 104 cm³/mol. The maximum Gasteiger partial charge on any atom is 0.324 e. The number of ether oxygens (including phenoxy) is 2. The number of esters is 1. The van der Waals surface area contributed by atoms with Crippen molar-refractivity contribution >= 4 is 22.0 Å². The molecule has 9 nitrogen and oxygen atoms in total. The minimum absolute atomic E-state index is 0.116. The van der Waals surface area contributed by atoms with Crippen LogP contribution in [-0.4, -0.2) is 69.2 Å². The summed E-state index contributed by atoms with van der Waals surface area (Å²) in [7, 11) is -3.80. The Labute approximate surface area is 166 Å². The lowest BCUT2D eigenvalue weighted by Gasteiger charge is -2.32. The van der Waals surface area contributed by atoms with Crippen molar-refractivity contribution in [2.75, 3.05) is 44.4 Å². The number of nitrogens with zero attached hydrogens (tertiary/aromatic N) is 3. The maximum atomic E-state index is 12.8. The van der Waals surface area contributed by atoms with Crippen LogP contribution >= 0.6 is 0 Å². The lowest BCUT2D eigenvalue weighted by atomic mass is 10.1. The Hall–Kier alpha value is -1.75. The van der Waals surface area contributed by atoms with E-state index in [9.17, 15) is 13.2 Å². The second kappa shape index (κ2) is 9.64. The van der Waals surface area contributed by atoms with Crippen LogP contribution in [-0.2, 0) is 31.0 Å². The summed E-state index contributed by atoms with van der Waals surface area (Å²) in [5.41, 5.74) is 0.755. The fourth-order valence-corrected chi connectivity index (χ4v) is 4.84. The largest absolute Gasteiger partial charge is 0.465 e. The first-order chi connectivity index (χ1) is 13.5. The third kappa shape index (κ3) is 5.19. The summed E-state index contributed by atoms with van der Waals surface area (Å²) in [5, 5.41) is 0. The standard InChI is InChI=1S/C18H28N4O5S/c1-2-27-18(23)16-5-3-4-8-22(16)28(24,25)20-14-15-6-7-17(19-13-15)21-9-11-26-12-10-21/h6-7,13,16,20H,2-5,8-12,14H2,1H3. The van der Waals surface area contributed by atoms with Gasteiger partial charge in [-0.1, -0.05) is 6.07 Å². The quantitative estimate of drug-likeness (QED) is 0.657. The highest BCUT2D eigenvalue weighted by atomic mass is 32.2. The molecule has 0 aliphatic carbocycles. The first-order valence-corrected chi connectivity index (χ1v) is 11.2. The van der Waals surface area contributed by atoms with Crippen molar-refractivity contribution in [3.8, 4) is 0 Å². The Balaban J connectivity index is 1.61. The normalized spacial score (nSPS) is 21.5. The molecule has 1 atom stereocenters. The molecule has 1 aromatic rings. The molecule has 0 amide bonds. The highest BCUT2D eigenvalue weighted by Crippen LogP contribution is 2.21. The molecule has 10 heteroatoms. The van der Waals surface area contributed by atoms with Gasteiger partial charge in [0.25, 0.3) is 10.2 Å². The molecule has 0 saturated carbocycles. The highest BCUT2D eigenvalue weighted by Gasteiger charge is 2.37. The molecule has 0 spiro atoms. The van der Waals surface area contributed by atoms with E-state index in [0.717, 1.165) is 37.3 Å². The van der Waals surface area contributed by atoms with Crippen LogP contribution in [0.5, 0.6) is 0 Å². The van der Waals surface area contributed by atoms with Crippen LogP contribution in [0.25, 0.3) is 0 Å². The zero-order valence-electron chi connectivity index (χ0n) is 16.2. The Kier molecular flexibility index (Phi) is 7.22. The van der Waals surface area contributed by atoms with E-state index in [4.69, 9.17) is 9.47 Å². The van der Waals surface area contributed by atoms with Gasteiger partial charge >= 0.3 is 5.97 Å². The summed E-state index contributed by atoms with van der Waals surface area (Å²) < 4.78 is 39.7. The number of anilines is 1. The molecule has 2 aliphatic heterocycles. The summed E-state index contributed by atoms with van der Waals surface area (Å²) in [6.07, 6.45) is 3.69. The van der Waals surface area contributed by atoms with Gasteiger partial charge in [-0.05, 0) is 37.8 Å². The van der Waals surface area contributed by atoms with Crippen molar-refractivity contribution in [1.29, 1.82) is 0 Å². The van der Waals surface area contributed by atoms with Crippen molar-refractivity contribution in [1.82, 2.24) is 14.0 Å². The number of piperidine rings is 1. The third-order valence-corrected chi connectivity index (χ3v) is 6.49. The first-order valence-electron chi connectivity index (χ1n) is 9.72. The van der Waals surface area contributed by atoms with Gasteiger partial charge in [-0.15, -0.1) is 0 Å². The summed E-state index contributed by atoms with van der Waals surface area (Å²) in [6, 6.07) is 2.99. The zero-order valence-corrected chi connectivity index (χ0v) is 17.0. The second-order valence-corrected chi connectivity index (χ2v) is 8.53. The maximum absolute atomic E-state index is 12.8. The van der Waals surface area contributed by atoms with E-state index in [2.05, 4.69) is 14.6 Å². The molecule has 2 aliphatic rings. The molecule has 0 radical (unpaired) electrons. The van der Waals surface area contributed by atoms with Gasteiger partial charge in [-0.2, -0.15) is 17.4 Å².